The third-order valence-corrected chi connectivity index (χ3v) is 16.7. The lowest BCUT2D eigenvalue weighted by molar-refractivity contribution is -0.182. The number of aromatic nitrogens is 1. The number of H-pyrrole nitrogens is 1. The number of nitrogens with one attached hydrogen (secondary N) is 1. The van der Waals surface area contributed by atoms with Crippen molar-refractivity contribution in [1.82, 2.24) is 19.7 Å². The number of benzene rings is 1. The predicted molar refractivity (Wildman–Crippen MR) is 222 cm³/mol. The Morgan fingerprint density at radius 2 is 1.84 bits per heavy atom. The Kier molecular flexibility index (Phi) is 9.06. The minimum atomic E-state index is -1.67. The number of aromatic amines is 1. The van der Waals surface area contributed by atoms with Crippen LogP contribution in [0.3, 0.4) is 0 Å². The number of piperidine rings is 1. The van der Waals surface area contributed by atoms with Crippen LogP contribution in [0.2, 0.25) is 0 Å². The number of aldehydes is 1. The maximum absolute atomic E-state index is 15.5. The van der Waals surface area contributed by atoms with Gasteiger partial charge in [-0.15, -0.1) is 0 Å². The Morgan fingerprint density at radius 3 is 2.52 bits per heavy atom. The van der Waals surface area contributed by atoms with E-state index in [-0.39, 0.29) is 12.0 Å². The molecule has 8 aliphatic rings. The van der Waals surface area contributed by atoms with Gasteiger partial charge in [0.25, 0.3) is 5.60 Å². The summed E-state index contributed by atoms with van der Waals surface area (Å²) in [6.07, 6.45) is 10.9. The van der Waals surface area contributed by atoms with Crippen LogP contribution in [0.1, 0.15) is 74.5 Å². The van der Waals surface area contributed by atoms with Gasteiger partial charge in [-0.25, -0.2) is 4.79 Å². The molecular formula is C47H58N4O10. The van der Waals surface area contributed by atoms with Crippen molar-refractivity contribution in [2.24, 2.45) is 22.7 Å². The smallest absolute Gasteiger partial charge is 0.347 e. The Morgan fingerprint density at radius 1 is 1.05 bits per heavy atom. The van der Waals surface area contributed by atoms with Gasteiger partial charge < -0.3 is 38.7 Å². The average Bonchev–Trinajstić information content (AvgIpc) is 3.51. The zero-order valence-corrected chi connectivity index (χ0v) is 36.2. The van der Waals surface area contributed by atoms with Gasteiger partial charge >= 0.3 is 17.9 Å². The number of nitrogens with zero attached hydrogens (tertiary/aromatic N) is 3. The van der Waals surface area contributed by atoms with Crippen LogP contribution in [0.5, 0.6) is 0 Å². The van der Waals surface area contributed by atoms with Gasteiger partial charge in [0.2, 0.25) is 0 Å². The summed E-state index contributed by atoms with van der Waals surface area (Å²) < 4.78 is 31.6. The molecule has 61 heavy (non-hydrogen) atoms. The van der Waals surface area contributed by atoms with E-state index in [1.165, 1.54) is 21.1 Å². The lowest BCUT2D eigenvalue weighted by Crippen LogP contribution is -2.73. The fourth-order valence-corrected chi connectivity index (χ4v) is 14.5. The minimum Gasteiger partial charge on any atom is -0.468 e. The number of allylic oxidation sites excluding steroid dienone is 1. The van der Waals surface area contributed by atoms with E-state index in [9.17, 15) is 19.5 Å². The van der Waals surface area contributed by atoms with Crippen LogP contribution in [0.4, 0.5) is 0 Å². The monoisotopic (exact) mass is 838 g/mol. The largest absolute Gasteiger partial charge is 0.468 e. The Hall–Kier alpha value is -4.34. The number of fused-ring (bicyclic) bond motifs is 6. The molecule has 10 rings (SSSR count). The van der Waals surface area contributed by atoms with Gasteiger partial charge in [0.05, 0.1) is 31.3 Å². The molecule has 12 atom stereocenters. The van der Waals surface area contributed by atoms with Gasteiger partial charge in [-0.2, -0.15) is 0 Å². The second kappa shape index (κ2) is 13.6. The average molecular weight is 839 g/mol. The maximum atomic E-state index is 15.5. The first-order valence-corrected chi connectivity index (χ1v) is 22.0. The van der Waals surface area contributed by atoms with Gasteiger partial charge in [-0.05, 0) is 86.4 Å². The van der Waals surface area contributed by atoms with Gasteiger partial charge in [0, 0.05) is 92.5 Å². The second-order valence-electron chi connectivity index (χ2n) is 19.1. The lowest BCUT2D eigenvalue weighted by Gasteiger charge is -2.58. The number of aliphatic hydroxyl groups is 1. The van der Waals surface area contributed by atoms with E-state index in [2.05, 4.69) is 50.9 Å². The molecule has 3 unspecified atom stereocenters. The number of methoxy groups -OCH3 is 3. The molecule has 0 radical (unpaired) electrons. The number of epoxide rings is 1. The van der Waals surface area contributed by atoms with Crippen LogP contribution in [-0.4, -0.2) is 145 Å². The lowest BCUT2D eigenvalue weighted by atomic mass is 9.48. The van der Waals surface area contributed by atoms with Crippen LogP contribution in [-0.2, 0) is 49.9 Å². The number of ether oxygens (including phenoxy) is 5. The van der Waals surface area contributed by atoms with Crippen molar-refractivity contribution < 1.29 is 48.0 Å². The molecule has 1 aromatic heterocycles. The molecule has 2 spiro atoms. The summed E-state index contributed by atoms with van der Waals surface area (Å²) in [4.78, 5) is 65.9. The molecule has 1 aromatic carbocycles. The van der Waals surface area contributed by atoms with Crippen molar-refractivity contribution in [2.45, 2.75) is 99.9 Å². The molecule has 2 N–H and O–H groups in total. The third kappa shape index (κ3) is 4.86. The molecule has 1 saturated carbocycles. The number of likely N-dealkylation sites (tertiary alicyclic amines) is 1. The number of rotatable bonds is 8. The van der Waals surface area contributed by atoms with Crippen molar-refractivity contribution in [3.8, 4) is 0 Å². The van der Waals surface area contributed by atoms with Gasteiger partial charge in [-0.3, -0.25) is 24.2 Å². The van der Waals surface area contributed by atoms with Crippen LogP contribution in [0.15, 0.2) is 53.8 Å². The molecule has 2 aromatic rings. The summed E-state index contributed by atoms with van der Waals surface area (Å²) in [5.41, 5.74) is -2.17. The van der Waals surface area contributed by atoms with E-state index in [0.29, 0.717) is 76.8 Å². The van der Waals surface area contributed by atoms with E-state index in [0.717, 1.165) is 39.7 Å². The van der Waals surface area contributed by atoms with Crippen molar-refractivity contribution in [1.29, 1.82) is 0 Å². The first-order valence-electron chi connectivity index (χ1n) is 22.0. The Labute approximate surface area is 356 Å². The van der Waals surface area contributed by atoms with Crippen molar-refractivity contribution in [3.05, 3.63) is 70.6 Å². The van der Waals surface area contributed by atoms with Crippen LogP contribution in [0.25, 0.3) is 10.9 Å². The fourth-order valence-electron chi connectivity index (χ4n) is 14.5. The van der Waals surface area contributed by atoms with Crippen molar-refractivity contribution in [2.75, 3.05) is 61.1 Å². The maximum Gasteiger partial charge on any atom is 0.347 e. The standard InChI is InChI=1S/C47H58N4O10/c1-8-42(56)22-29-23-44(40(54)58-6,37-30(13-17-50(24-29)26-42)31-19-28(25-52)11-12-34(31)48-37)33-20-32-35(21-36(33)57-5)49(4)47-45(32)15-18-51-16-10-14-43(9-2,38(45)51)39(60-27(3)53)46(47,61-47)41(55)59-7/h10-12,14,19-21,25,29,33,36,38-39,48,56H,8-9,13,15-18,22-24,26H2,1-7H3/t29-,33?,36?,38+,39-,42+,43-,44+,45-,46+,47+/m1/s1. The molecular weight excluding hydrogens is 781 g/mol. The number of hydrogen-bond donors (Lipinski definition) is 2. The molecule has 2 bridgehead atoms. The number of hydrogen-bond acceptors (Lipinski definition) is 13. The summed E-state index contributed by atoms with van der Waals surface area (Å²) >= 11 is 0. The zero-order chi connectivity index (χ0) is 43.1. The van der Waals surface area contributed by atoms with E-state index >= 15 is 4.79 Å². The highest BCUT2D eigenvalue weighted by atomic mass is 16.7. The number of likely N-dealkylation sites (N-methyl/N-ethyl adjacent to an activating group) is 1. The van der Waals surface area contributed by atoms with Crippen LogP contribution >= 0.6 is 0 Å². The highest BCUT2D eigenvalue weighted by Gasteiger charge is 2.99. The second-order valence-corrected chi connectivity index (χ2v) is 19.1. The van der Waals surface area contributed by atoms with Crippen molar-refractivity contribution >= 4 is 35.1 Å². The van der Waals surface area contributed by atoms with Crippen LogP contribution < -0.4 is 0 Å². The predicted octanol–water partition coefficient (Wildman–Crippen LogP) is 3.81. The molecule has 4 saturated heterocycles. The summed E-state index contributed by atoms with van der Waals surface area (Å²) in [6, 6.07) is 5.33. The summed E-state index contributed by atoms with van der Waals surface area (Å²) in [7, 11) is 6.38. The number of carbonyl (C=O) groups is 4. The van der Waals surface area contributed by atoms with Gasteiger partial charge in [0.1, 0.15) is 11.7 Å². The van der Waals surface area contributed by atoms with Gasteiger partial charge in [-0.1, -0.05) is 32.1 Å². The minimum absolute atomic E-state index is 0.103. The summed E-state index contributed by atoms with van der Waals surface area (Å²) in [6.45, 7) is 8.71. The summed E-state index contributed by atoms with van der Waals surface area (Å²) in [5.74, 6) is -2.28. The van der Waals surface area contributed by atoms with E-state index in [4.69, 9.17) is 23.7 Å². The van der Waals surface area contributed by atoms with Crippen LogP contribution in [0, 0.1) is 22.7 Å². The quantitative estimate of drug-likeness (QED) is 0.130. The Balaban J connectivity index is 1.26. The third-order valence-electron chi connectivity index (χ3n) is 16.7. The molecule has 14 heteroatoms. The first-order chi connectivity index (χ1) is 29.2. The van der Waals surface area contributed by atoms with E-state index in [1.54, 1.807) is 13.2 Å². The number of esters is 3. The first kappa shape index (κ1) is 40.7. The molecule has 7 heterocycles. The molecule has 6 aliphatic heterocycles. The molecule has 5 fully saturated rings. The number of carbonyl (C=O) groups excluding carboxylic acids is 4. The Bertz CT molecular complexity index is 2340. The normalized spacial score (nSPS) is 41.7. The highest BCUT2D eigenvalue weighted by molar-refractivity contribution is 5.94. The highest BCUT2D eigenvalue weighted by Crippen LogP contribution is 2.82. The van der Waals surface area contributed by atoms with Gasteiger partial charge in [0.15, 0.2) is 11.8 Å². The SMILES string of the molecule is CC[C@]1(O)C[C@H]2CN(CCc3c([nH]c4ccc(C=O)cc34)[C@@](C(=O)OC)(C3C=C4C(=CC3OC)N(C)[C@@]35O[C@]3(C(=O)OC)[C@H](OC(C)=O)[C@]3(CC)C=CCN6CC[C@]45[C@@H]63)C2)C1. The van der Waals surface area contributed by atoms with E-state index in [1.807, 2.05) is 26.1 Å². The fraction of sp³-hybridized carbons (Fsp3) is 0.617. The molecule has 2 aliphatic carbocycles. The molecule has 0 amide bonds. The summed E-state index contributed by atoms with van der Waals surface area (Å²) in [5, 5.41) is 12.9. The molecule has 326 valence electrons. The zero-order valence-electron chi connectivity index (χ0n) is 36.2. The topological polar surface area (TPSA) is 163 Å². The molecule has 14 nitrogen and oxygen atoms in total. The van der Waals surface area contributed by atoms with Crippen molar-refractivity contribution in [3.63, 3.8) is 0 Å². The van der Waals surface area contributed by atoms with E-state index < -0.39 is 69.2 Å².